The van der Waals surface area contributed by atoms with Crippen molar-refractivity contribution in [3.8, 4) is 11.3 Å². The molecular weight excluding hydrogens is 438 g/mol. The number of thiazole rings is 1. The van der Waals surface area contributed by atoms with Gasteiger partial charge in [0.25, 0.3) is 5.69 Å². The van der Waals surface area contributed by atoms with Crippen molar-refractivity contribution in [3.05, 3.63) is 68.6 Å². The van der Waals surface area contributed by atoms with Crippen LogP contribution in [0, 0.1) is 30.9 Å². The second-order valence-corrected chi connectivity index (χ2v) is 9.25. The minimum absolute atomic E-state index is 0.0722. The molecule has 1 fully saturated rings. The Bertz CT molecular complexity index is 1140. The molecule has 0 radical (unpaired) electrons. The highest BCUT2D eigenvalue weighted by atomic mass is 32.1. The van der Waals surface area contributed by atoms with Crippen LogP contribution in [0.2, 0.25) is 0 Å². The first-order valence-electron chi connectivity index (χ1n) is 10.9. The van der Waals surface area contributed by atoms with Crippen LogP contribution in [0.5, 0.6) is 0 Å². The number of nitro groups is 1. The molecule has 1 aliphatic heterocycles. The number of carbonyl (C=O) groups excluding carboxylic acids is 1. The number of aryl methyl sites for hydroxylation is 3. The highest BCUT2D eigenvalue weighted by Gasteiger charge is 2.20. The molecule has 9 heteroatoms. The second-order valence-electron chi connectivity index (χ2n) is 8.40. The van der Waals surface area contributed by atoms with E-state index in [9.17, 15) is 14.9 Å². The summed E-state index contributed by atoms with van der Waals surface area (Å²) in [6.07, 6.45) is 0. The highest BCUT2D eigenvalue weighted by molar-refractivity contribution is 7.14. The summed E-state index contributed by atoms with van der Waals surface area (Å²) in [5.41, 5.74) is 6.66. The van der Waals surface area contributed by atoms with Gasteiger partial charge in [0.1, 0.15) is 0 Å². The number of nitrogens with zero attached hydrogens (tertiary/aromatic N) is 4. The molecule has 2 heterocycles. The van der Waals surface area contributed by atoms with E-state index in [-0.39, 0.29) is 11.6 Å². The first-order valence-corrected chi connectivity index (χ1v) is 11.7. The van der Waals surface area contributed by atoms with Crippen LogP contribution in [0.25, 0.3) is 11.3 Å². The standard InChI is InChI=1S/C24H27N5O3S/c1-16-12-17(2)23(18(3)13-16)21-15-33-24(25-21)26-22(30)14-27-8-10-28(11-9-27)19-4-6-20(7-5-19)29(31)32/h4-7,12-13,15H,8-11,14H2,1-3H3,(H,25,26,30). The molecule has 0 atom stereocenters. The van der Waals surface area contributed by atoms with E-state index in [0.717, 1.165) is 43.1 Å². The van der Waals surface area contributed by atoms with Crippen molar-refractivity contribution >= 4 is 33.8 Å². The Morgan fingerprint density at radius 2 is 1.73 bits per heavy atom. The van der Waals surface area contributed by atoms with Crippen molar-refractivity contribution in [1.82, 2.24) is 9.88 Å². The molecule has 0 bridgehead atoms. The first kappa shape index (κ1) is 22.9. The van der Waals surface area contributed by atoms with Gasteiger partial charge in [-0.1, -0.05) is 17.7 Å². The van der Waals surface area contributed by atoms with Crippen molar-refractivity contribution in [2.45, 2.75) is 20.8 Å². The Labute approximate surface area is 197 Å². The summed E-state index contributed by atoms with van der Waals surface area (Å²) in [4.78, 5) is 32.0. The predicted octanol–water partition coefficient (Wildman–Crippen LogP) is 4.40. The molecule has 3 aromatic rings. The van der Waals surface area contributed by atoms with Gasteiger partial charge in [-0.25, -0.2) is 4.98 Å². The SMILES string of the molecule is Cc1cc(C)c(-c2csc(NC(=O)CN3CCN(c4ccc([N+](=O)[O-])cc4)CC3)n2)c(C)c1. The van der Waals surface area contributed by atoms with Gasteiger partial charge in [-0.05, 0) is 44.0 Å². The maximum atomic E-state index is 12.6. The number of nitro benzene ring substituents is 1. The first-order chi connectivity index (χ1) is 15.8. The minimum Gasteiger partial charge on any atom is -0.369 e. The summed E-state index contributed by atoms with van der Waals surface area (Å²) < 4.78 is 0. The Balaban J connectivity index is 1.30. The number of nitrogens with one attached hydrogen (secondary N) is 1. The monoisotopic (exact) mass is 465 g/mol. The lowest BCUT2D eigenvalue weighted by atomic mass is 9.98. The Kier molecular flexibility index (Phi) is 6.71. The fourth-order valence-electron chi connectivity index (χ4n) is 4.34. The molecule has 1 aromatic heterocycles. The number of amides is 1. The van der Waals surface area contributed by atoms with Crippen molar-refractivity contribution in [1.29, 1.82) is 0 Å². The number of hydrogen-bond donors (Lipinski definition) is 1. The lowest BCUT2D eigenvalue weighted by Crippen LogP contribution is -2.48. The molecule has 8 nitrogen and oxygen atoms in total. The molecule has 1 amide bonds. The van der Waals surface area contributed by atoms with Gasteiger partial charge in [0.2, 0.25) is 5.91 Å². The second kappa shape index (κ2) is 9.68. The van der Waals surface area contributed by atoms with E-state index in [1.54, 1.807) is 12.1 Å². The van der Waals surface area contributed by atoms with Crippen LogP contribution in [0.3, 0.4) is 0 Å². The van der Waals surface area contributed by atoms with Crippen LogP contribution in [-0.4, -0.2) is 53.4 Å². The molecular formula is C24H27N5O3S. The molecule has 1 saturated heterocycles. The number of aromatic nitrogens is 1. The fraction of sp³-hybridized carbons (Fsp3) is 0.333. The summed E-state index contributed by atoms with van der Waals surface area (Å²) in [6.45, 7) is 9.59. The molecule has 4 rings (SSSR count). The van der Waals surface area contributed by atoms with Gasteiger partial charge in [0, 0.05) is 54.9 Å². The van der Waals surface area contributed by atoms with E-state index >= 15 is 0 Å². The molecule has 1 N–H and O–H groups in total. The average molecular weight is 466 g/mol. The predicted molar refractivity (Wildman–Crippen MR) is 132 cm³/mol. The van der Waals surface area contributed by atoms with Crippen LogP contribution in [0.4, 0.5) is 16.5 Å². The Morgan fingerprint density at radius 3 is 2.33 bits per heavy atom. The van der Waals surface area contributed by atoms with E-state index < -0.39 is 4.92 Å². The molecule has 33 heavy (non-hydrogen) atoms. The third-order valence-corrected chi connectivity index (χ3v) is 6.61. The average Bonchev–Trinajstić information content (AvgIpc) is 3.21. The summed E-state index contributed by atoms with van der Waals surface area (Å²) >= 11 is 1.44. The summed E-state index contributed by atoms with van der Waals surface area (Å²) in [7, 11) is 0. The number of piperazine rings is 1. The molecule has 2 aromatic carbocycles. The van der Waals surface area contributed by atoms with E-state index in [1.165, 1.54) is 40.2 Å². The third-order valence-electron chi connectivity index (χ3n) is 5.85. The van der Waals surface area contributed by atoms with Crippen molar-refractivity contribution in [2.75, 3.05) is 42.9 Å². The minimum atomic E-state index is -0.394. The van der Waals surface area contributed by atoms with Gasteiger partial charge in [-0.2, -0.15) is 0 Å². The number of hydrogen-bond acceptors (Lipinski definition) is 7. The van der Waals surface area contributed by atoms with E-state index in [1.807, 2.05) is 5.38 Å². The Hall–Kier alpha value is -3.30. The zero-order valence-corrected chi connectivity index (χ0v) is 19.8. The van der Waals surface area contributed by atoms with E-state index in [4.69, 9.17) is 0 Å². The largest absolute Gasteiger partial charge is 0.369 e. The van der Waals surface area contributed by atoms with Crippen LogP contribution in [0.1, 0.15) is 16.7 Å². The molecule has 1 aliphatic rings. The van der Waals surface area contributed by atoms with Crippen molar-refractivity contribution in [2.24, 2.45) is 0 Å². The smallest absolute Gasteiger partial charge is 0.269 e. The summed E-state index contributed by atoms with van der Waals surface area (Å²) in [5, 5.41) is 16.4. The van der Waals surface area contributed by atoms with Gasteiger partial charge in [-0.3, -0.25) is 19.8 Å². The number of non-ortho nitro benzene ring substituents is 1. The molecule has 0 spiro atoms. The van der Waals surface area contributed by atoms with Gasteiger partial charge in [0.05, 0.1) is 17.2 Å². The maximum Gasteiger partial charge on any atom is 0.269 e. The van der Waals surface area contributed by atoms with Gasteiger partial charge in [-0.15, -0.1) is 11.3 Å². The van der Waals surface area contributed by atoms with Crippen LogP contribution >= 0.6 is 11.3 Å². The van der Waals surface area contributed by atoms with E-state index in [0.29, 0.717) is 11.7 Å². The van der Waals surface area contributed by atoms with Crippen molar-refractivity contribution < 1.29 is 9.72 Å². The fourth-order valence-corrected chi connectivity index (χ4v) is 5.06. The van der Waals surface area contributed by atoms with Gasteiger partial charge >= 0.3 is 0 Å². The lowest BCUT2D eigenvalue weighted by Gasteiger charge is -2.35. The number of rotatable bonds is 6. The maximum absolute atomic E-state index is 12.6. The van der Waals surface area contributed by atoms with Crippen LogP contribution < -0.4 is 10.2 Å². The molecule has 0 unspecified atom stereocenters. The van der Waals surface area contributed by atoms with Crippen molar-refractivity contribution in [3.63, 3.8) is 0 Å². The molecule has 172 valence electrons. The number of carbonyl (C=O) groups is 1. The van der Waals surface area contributed by atoms with E-state index in [2.05, 4.69) is 53.0 Å². The van der Waals surface area contributed by atoms with Crippen LogP contribution in [-0.2, 0) is 4.79 Å². The third kappa shape index (κ3) is 5.37. The summed E-state index contributed by atoms with van der Waals surface area (Å²) in [6, 6.07) is 10.9. The zero-order chi connectivity index (χ0) is 23.5. The topological polar surface area (TPSA) is 91.6 Å². The normalized spacial score (nSPS) is 14.3. The van der Waals surface area contributed by atoms with Gasteiger partial charge < -0.3 is 10.2 Å². The molecule has 0 aliphatic carbocycles. The molecule has 0 saturated carbocycles. The zero-order valence-electron chi connectivity index (χ0n) is 19.0. The quantitative estimate of drug-likeness (QED) is 0.428. The Morgan fingerprint density at radius 1 is 1.09 bits per heavy atom. The summed E-state index contributed by atoms with van der Waals surface area (Å²) in [5.74, 6) is -0.0722. The van der Waals surface area contributed by atoms with Gasteiger partial charge in [0.15, 0.2) is 5.13 Å². The number of benzene rings is 2. The highest BCUT2D eigenvalue weighted by Crippen LogP contribution is 2.31. The number of anilines is 2. The lowest BCUT2D eigenvalue weighted by molar-refractivity contribution is -0.384. The van der Waals surface area contributed by atoms with Crippen LogP contribution in [0.15, 0.2) is 41.8 Å².